The molecule has 17 heavy (non-hydrogen) atoms. The topological polar surface area (TPSA) is 87.4 Å². The van der Waals surface area contributed by atoms with Crippen LogP contribution in [-0.4, -0.2) is 36.2 Å². The van der Waals surface area contributed by atoms with E-state index >= 15 is 0 Å². The fourth-order valence-corrected chi connectivity index (χ4v) is 1.06. The Hall–Kier alpha value is -1.62. The van der Waals surface area contributed by atoms with Crippen molar-refractivity contribution in [1.82, 2.24) is 0 Å². The van der Waals surface area contributed by atoms with Crippen LogP contribution in [0.5, 0.6) is 0 Å². The van der Waals surface area contributed by atoms with E-state index in [9.17, 15) is 22.8 Å². The zero-order valence-corrected chi connectivity index (χ0v) is 8.82. The van der Waals surface area contributed by atoms with Gasteiger partial charge in [0.1, 0.15) is 19.1 Å². The number of alkyl halides is 3. The fraction of sp³-hybridized carbons (Fsp3) is 0.667. The molecule has 1 N–H and O–H groups in total. The maximum Gasteiger partial charge on any atom is 0.411 e. The van der Waals surface area contributed by atoms with Gasteiger partial charge in [0.2, 0.25) is 0 Å². The smallest absolute Gasteiger partial charge is 0.411 e. The molecule has 0 spiro atoms. The number of ether oxygens (including phenoxy) is 1. The predicted molar refractivity (Wildman–Crippen MR) is 47.8 cm³/mol. The molecule has 0 saturated heterocycles. The molecule has 8 heteroatoms. The number of halogens is 3. The molecule has 0 rings (SSSR count). The van der Waals surface area contributed by atoms with Gasteiger partial charge in [-0.1, -0.05) is 0 Å². The van der Waals surface area contributed by atoms with Crippen LogP contribution >= 0.6 is 0 Å². The largest absolute Gasteiger partial charge is 0.481 e. The van der Waals surface area contributed by atoms with Gasteiger partial charge in [0.05, 0.1) is 12.0 Å². The number of ketones is 1. The van der Waals surface area contributed by atoms with Crippen LogP contribution < -0.4 is 0 Å². The molecule has 0 saturated carbocycles. The average molecular weight is 253 g/mol. The van der Waals surface area contributed by atoms with E-state index in [0.717, 1.165) is 0 Å². The van der Waals surface area contributed by atoms with Crippen LogP contribution in [0.2, 0.25) is 0 Å². The lowest BCUT2D eigenvalue weighted by Crippen LogP contribution is -2.33. The summed E-state index contributed by atoms with van der Waals surface area (Å²) in [5.41, 5.74) is 0. The molecule has 2 atom stereocenters. The molecule has 0 aromatic heterocycles. The Kier molecular flexibility index (Phi) is 5.61. The molecular formula is C9H10F3NO4. The van der Waals surface area contributed by atoms with Crippen LogP contribution in [0.4, 0.5) is 13.2 Å². The lowest BCUT2D eigenvalue weighted by atomic mass is 9.91. The van der Waals surface area contributed by atoms with Gasteiger partial charge < -0.3 is 9.84 Å². The maximum absolute atomic E-state index is 11.7. The summed E-state index contributed by atoms with van der Waals surface area (Å²) in [6, 6.07) is 1.55. The quantitative estimate of drug-likeness (QED) is 0.713. The first-order chi connectivity index (χ1) is 7.69. The van der Waals surface area contributed by atoms with Crippen LogP contribution in [0.15, 0.2) is 0 Å². The number of rotatable bonds is 6. The lowest BCUT2D eigenvalue weighted by molar-refractivity contribution is -0.176. The van der Waals surface area contributed by atoms with Gasteiger partial charge in [-0.3, -0.25) is 9.59 Å². The second-order valence-electron chi connectivity index (χ2n) is 3.31. The first-order valence-corrected chi connectivity index (χ1v) is 4.48. The minimum absolute atomic E-state index is 0.984. The number of hydrogen-bond donors (Lipinski definition) is 1. The third-order valence-corrected chi connectivity index (χ3v) is 1.83. The Labute approximate surface area is 94.8 Å². The summed E-state index contributed by atoms with van der Waals surface area (Å²) in [4.78, 5) is 21.9. The molecule has 0 aromatic carbocycles. The van der Waals surface area contributed by atoms with Crippen molar-refractivity contribution in [1.29, 1.82) is 5.26 Å². The first-order valence-electron chi connectivity index (χ1n) is 4.48. The minimum Gasteiger partial charge on any atom is -0.481 e. The van der Waals surface area contributed by atoms with Crippen LogP contribution in [0, 0.1) is 23.2 Å². The molecule has 0 bridgehead atoms. The van der Waals surface area contributed by atoms with Gasteiger partial charge in [-0.25, -0.2) is 0 Å². The standard InChI is InChI=1S/C9H10F3NO4/c1-5(2-13)7(8(15)16)6(14)3-17-4-9(10,11)12/h5,7H,3-4H2,1H3,(H,15,16). The summed E-state index contributed by atoms with van der Waals surface area (Å²) in [5, 5.41) is 17.1. The number of hydrogen-bond acceptors (Lipinski definition) is 4. The second kappa shape index (κ2) is 6.20. The number of Topliss-reactive ketones (excluding diaryl/α,β-unsaturated/α-hetero) is 1. The highest BCUT2D eigenvalue weighted by molar-refractivity contribution is 5.99. The van der Waals surface area contributed by atoms with Crippen molar-refractivity contribution in [3.05, 3.63) is 0 Å². The molecule has 0 fully saturated rings. The molecule has 0 radical (unpaired) electrons. The number of nitriles is 1. The van der Waals surface area contributed by atoms with E-state index in [-0.39, 0.29) is 0 Å². The van der Waals surface area contributed by atoms with E-state index in [0.29, 0.717) is 0 Å². The van der Waals surface area contributed by atoms with Crippen LogP contribution in [0.25, 0.3) is 0 Å². The highest BCUT2D eigenvalue weighted by Gasteiger charge is 2.33. The molecule has 0 aliphatic carbocycles. The number of nitrogens with zero attached hydrogens (tertiary/aromatic N) is 1. The molecule has 0 aliphatic rings. The molecule has 0 aliphatic heterocycles. The minimum atomic E-state index is -4.58. The summed E-state index contributed by atoms with van der Waals surface area (Å²) in [6.07, 6.45) is -4.58. The Morgan fingerprint density at radius 1 is 1.47 bits per heavy atom. The molecule has 2 unspecified atom stereocenters. The van der Waals surface area contributed by atoms with Gasteiger partial charge in [-0.2, -0.15) is 18.4 Å². The van der Waals surface area contributed by atoms with Crippen molar-refractivity contribution in [3.8, 4) is 6.07 Å². The zero-order chi connectivity index (χ0) is 13.6. The van der Waals surface area contributed by atoms with Crippen LogP contribution in [0.1, 0.15) is 6.92 Å². The molecule has 0 aromatic rings. The Bertz CT molecular complexity index is 334. The molecule has 0 amide bonds. The first kappa shape index (κ1) is 15.4. The Balaban J connectivity index is 4.37. The average Bonchev–Trinajstić information content (AvgIpc) is 2.14. The third-order valence-electron chi connectivity index (χ3n) is 1.83. The van der Waals surface area contributed by atoms with Gasteiger partial charge >= 0.3 is 12.1 Å². The SMILES string of the molecule is CC(C#N)C(C(=O)O)C(=O)COCC(F)(F)F. The maximum atomic E-state index is 11.7. The second-order valence-corrected chi connectivity index (χ2v) is 3.31. The van der Waals surface area contributed by atoms with E-state index < -0.39 is 43.0 Å². The van der Waals surface area contributed by atoms with Crippen LogP contribution in [-0.2, 0) is 14.3 Å². The molecule has 5 nitrogen and oxygen atoms in total. The molecule has 96 valence electrons. The summed E-state index contributed by atoms with van der Waals surface area (Å²) in [6.45, 7) is -1.42. The number of aliphatic carboxylic acids is 1. The fourth-order valence-electron chi connectivity index (χ4n) is 1.06. The van der Waals surface area contributed by atoms with E-state index in [4.69, 9.17) is 10.4 Å². The van der Waals surface area contributed by atoms with Gasteiger partial charge in [-0.15, -0.1) is 0 Å². The van der Waals surface area contributed by atoms with E-state index in [1.165, 1.54) is 6.92 Å². The summed E-state index contributed by atoms with van der Waals surface area (Å²) in [5.74, 6) is -5.42. The van der Waals surface area contributed by atoms with E-state index in [1.54, 1.807) is 6.07 Å². The Morgan fingerprint density at radius 3 is 2.35 bits per heavy atom. The third kappa shape index (κ3) is 5.87. The van der Waals surface area contributed by atoms with Crippen LogP contribution in [0.3, 0.4) is 0 Å². The number of carboxylic acid groups (broad SMARTS) is 1. The summed E-state index contributed by atoms with van der Waals surface area (Å²) >= 11 is 0. The van der Waals surface area contributed by atoms with E-state index in [1.807, 2.05) is 0 Å². The van der Waals surface area contributed by atoms with Gasteiger partial charge in [0, 0.05) is 0 Å². The van der Waals surface area contributed by atoms with Crippen molar-refractivity contribution in [2.24, 2.45) is 11.8 Å². The van der Waals surface area contributed by atoms with Gasteiger partial charge in [0.15, 0.2) is 5.78 Å². The lowest BCUT2D eigenvalue weighted by Gasteiger charge is -2.13. The predicted octanol–water partition coefficient (Wildman–Crippen LogP) is 0.995. The highest BCUT2D eigenvalue weighted by Crippen LogP contribution is 2.16. The number of carbonyl (C=O) groups excluding carboxylic acids is 1. The zero-order valence-electron chi connectivity index (χ0n) is 8.82. The number of carboxylic acids is 1. The number of carbonyl (C=O) groups is 2. The van der Waals surface area contributed by atoms with Crippen molar-refractivity contribution < 1.29 is 32.6 Å². The van der Waals surface area contributed by atoms with Crippen molar-refractivity contribution >= 4 is 11.8 Å². The summed E-state index contributed by atoms with van der Waals surface area (Å²) < 4.78 is 39.1. The van der Waals surface area contributed by atoms with Crippen molar-refractivity contribution in [3.63, 3.8) is 0 Å². The van der Waals surface area contributed by atoms with E-state index in [2.05, 4.69) is 4.74 Å². The summed E-state index contributed by atoms with van der Waals surface area (Å²) in [7, 11) is 0. The highest BCUT2D eigenvalue weighted by atomic mass is 19.4. The van der Waals surface area contributed by atoms with Crippen molar-refractivity contribution in [2.45, 2.75) is 13.1 Å². The molecule has 0 heterocycles. The Morgan fingerprint density at radius 2 is 2.00 bits per heavy atom. The van der Waals surface area contributed by atoms with Crippen molar-refractivity contribution in [2.75, 3.05) is 13.2 Å². The normalized spacial score (nSPS) is 14.8. The monoisotopic (exact) mass is 253 g/mol. The molecular weight excluding hydrogens is 243 g/mol. The van der Waals surface area contributed by atoms with Gasteiger partial charge in [0.25, 0.3) is 0 Å². The van der Waals surface area contributed by atoms with Gasteiger partial charge in [-0.05, 0) is 6.92 Å².